The Balaban J connectivity index is 1.26. The van der Waals surface area contributed by atoms with E-state index in [1.54, 1.807) is 4.68 Å². The van der Waals surface area contributed by atoms with E-state index in [0.717, 1.165) is 62.6 Å². The molecule has 206 valence electrons. The van der Waals surface area contributed by atoms with Gasteiger partial charge in [0.05, 0.1) is 0 Å². The molecule has 0 aliphatic rings. The average molecular weight is 559 g/mol. The van der Waals surface area contributed by atoms with Gasteiger partial charge in [0.2, 0.25) is 17.1 Å². The van der Waals surface area contributed by atoms with Crippen molar-refractivity contribution in [1.82, 2.24) is 30.5 Å². The van der Waals surface area contributed by atoms with Gasteiger partial charge in [-0.1, -0.05) is 29.5 Å². The highest BCUT2D eigenvalue weighted by Crippen LogP contribution is 2.20. The quantitative estimate of drug-likeness (QED) is 0.291. The van der Waals surface area contributed by atoms with Crippen LogP contribution in [0.2, 0.25) is 0 Å². The molecule has 11 nitrogen and oxygen atoms in total. The Morgan fingerprint density at radius 2 is 0.810 bits per heavy atom. The van der Waals surface area contributed by atoms with Crippen molar-refractivity contribution in [2.75, 3.05) is 0 Å². The van der Waals surface area contributed by atoms with Crippen LogP contribution in [-0.4, -0.2) is 30.5 Å². The summed E-state index contributed by atoms with van der Waals surface area (Å²) in [4.78, 5) is 4.63. The number of nitrogens with zero attached hydrogens (tertiary/aromatic N) is 11. The lowest BCUT2D eigenvalue weighted by atomic mass is 10.2. The van der Waals surface area contributed by atoms with Crippen molar-refractivity contribution in [3.63, 3.8) is 0 Å². The van der Waals surface area contributed by atoms with Crippen LogP contribution >= 0.6 is 0 Å². The number of aryl methyl sites for hydroxylation is 6. The van der Waals surface area contributed by atoms with Crippen LogP contribution < -0.4 is 23.4 Å². The minimum atomic E-state index is 0.754. The summed E-state index contributed by atoms with van der Waals surface area (Å²) in [6.45, 7) is 1.99. The zero-order valence-corrected chi connectivity index (χ0v) is 24.5. The molecule has 0 spiro atoms. The highest BCUT2D eigenvalue weighted by molar-refractivity contribution is 5.60. The second-order valence-corrected chi connectivity index (χ2v) is 10.1. The van der Waals surface area contributed by atoms with Crippen LogP contribution in [0.4, 0.5) is 0 Å². The van der Waals surface area contributed by atoms with Gasteiger partial charge in [-0.05, 0) is 49.4 Å². The third-order valence-corrected chi connectivity index (χ3v) is 7.04. The predicted molar refractivity (Wildman–Crippen MR) is 151 cm³/mol. The second kappa shape index (κ2) is 10.8. The lowest BCUT2D eigenvalue weighted by molar-refractivity contribution is -0.736. The summed E-state index contributed by atoms with van der Waals surface area (Å²) in [5, 5.41) is 23.7. The Morgan fingerprint density at radius 3 is 1.26 bits per heavy atom. The molecule has 6 rings (SSSR count). The molecule has 0 aliphatic carbocycles. The molecule has 0 amide bonds. The van der Waals surface area contributed by atoms with Gasteiger partial charge >= 0.3 is 0 Å². The van der Waals surface area contributed by atoms with E-state index in [0.29, 0.717) is 0 Å². The Kier molecular flexibility index (Phi) is 6.91. The maximum absolute atomic E-state index is 4.80. The molecule has 0 fully saturated rings. The highest BCUT2D eigenvalue weighted by Gasteiger charge is 2.25. The van der Waals surface area contributed by atoms with Crippen LogP contribution in [0.1, 0.15) is 5.69 Å². The lowest BCUT2D eigenvalue weighted by Crippen LogP contribution is -2.41. The highest BCUT2D eigenvalue weighted by atomic mass is 15.3. The molecular weight excluding hydrogens is 526 g/mol. The predicted octanol–water partition coefficient (Wildman–Crippen LogP) is 0.823. The molecule has 0 unspecified atom stereocenters. The Morgan fingerprint density at radius 1 is 0.405 bits per heavy atom. The minimum absolute atomic E-state index is 0.754. The van der Waals surface area contributed by atoms with Crippen LogP contribution in [0.25, 0.3) is 56.9 Å². The molecule has 0 N–H and O–H groups in total. The van der Waals surface area contributed by atoms with Gasteiger partial charge in [0.1, 0.15) is 5.69 Å². The van der Waals surface area contributed by atoms with Gasteiger partial charge in [-0.2, -0.15) is 0 Å². The maximum atomic E-state index is 4.80. The Hall–Kier alpha value is -5.45. The molecule has 0 saturated heterocycles. The van der Waals surface area contributed by atoms with Crippen LogP contribution in [0.3, 0.4) is 0 Å². The summed E-state index contributed by atoms with van der Waals surface area (Å²) < 4.78 is 9.12. The zero-order valence-electron chi connectivity index (χ0n) is 24.5. The SMILES string of the molecule is Cc1cccc(-c2ccc(-c3ccc(-c4ccc(-c5ccc(-c6ccc[n+](C)n6)[n+](C)n5)[n+](C)n4)n[n+]3C)n[n+]2C)n1. The number of rotatable bonds is 5. The number of hydrogen-bond acceptors (Lipinski definition) is 6. The van der Waals surface area contributed by atoms with E-state index >= 15 is 0 Å². The zero-order chi connectivity index (χ0) is 29.4. The third-order valence-electron chi connectivity index (χ3n) is 7.04. The van der Waals surface area contributed by atoms with E-state index in [9.17, 15) is 0 Å². The van der Waals surface area contributed by atoms with Crippen molar-refractivity contribution in [3.8, 4) is 56.9 Å². The van der Waals surface area contributed by atoms with Gasteiger partial charge in [0.25, 0.3) is 22.8 Å². The molecule has 6 aromatic rings. The normalized spacial score (nSPS) is 11.1. The summed E-state index contributed by atoms with van der Waals surface area (Å²) in [6.07, 6.45) is 1.90. The average Bonchev–Trinajstić information content (AvgIpc) is 2.97. The third kappa shape index (κ3) is 5.19. The first kappa shape index (κ1) is 26.8. The van der Waals surface area contributed by atoms with Gasteiger partial charge in [0, 0.05) is 61.5 Å². The van der Waals surface area contributed by atoms with Crippen molar-refractivity contribution in [2.45, 2.75) is 6.92 Å². The van der Waals surface area contributed by atoms with E-state index < -0.39 is 0 Å². The molecule has 11 heteroatoms. The molecule has 0 atom stereocenters. The van der Waals surface area contributed by atoms with Gasteiger partial charge < -0.3 is 0 Å². The van der Waals surface area contributed by atoms with Crippen LogP contribution in [0, 0.1) is 6.92 Å². The molecule has 0 aromatic carbocycles. The fraction of sp³-hybridized carbons (Fsp3) is 0.194. The van der Waals surface area contributed by atoms with E-state index in [-0.39, 0.29) is 0 Å². The Labute approximate surface area is 243 Å². The number of hydrogen-bond donors (Lipinski definition) is 0. The first-order valence-corrected chi connectivity index (χ1v) is 13.5. The summed E-state index contributed by atoms with van der Waals surface area (Å²) in [5.41, 5.74) is 9.46. The molecular formula is C31H32N11+5. The fourth-order valence-electron chi connectivity index (χ4n) is 4.93. The second-order valence-electron chi connectivity index (χ2n) is 10.1. The molecule has 6 heterocycles. The first-order chi connectivity index (χ1) is 20.3. The molecule has 6 aromatic heterocycles. The van der Waals surface area contributed by atoms with Crippen molar-refractivity contribution in [3.05, 3.63) is 90.8 Å². The van der Waals surface area contributed by atoms with Crippen molar-refractivity contribution < 1.29 is 23.4 Å². The number of aromatic nitrogens is 11. The first-order valence-electron chi connectivity index (χ1n) is 13.5. The van der Waals surface area contributed by atoms with Crippen LogP contribution in [0.5, 0.6) is 0 Å². The number of pyridine rings is 1. The van der Waals surface area contributed by atoms with Crippen molar-refractivity contribution in [2.24, 2.45) is 35.2 Å². The maximum Gasteiger partial charge on any atom is 0.263 e. The largest absolute Gasteiger partial charge is 0.263 e. The minimum Gasteiger partial charge on any atom is -0.247 e. The van der Waals surface area contributed by atoms with Crippen molar-refractivity contribution >= 4 is 0 Å². The standard InChI is InChI=1S/C31H32N11/c1-21-9-7-10-24(32-21)28-18-14-26(36-39(28)3)30-16-12-22(34-40(30)4)23-13-17-31(41(5)35-23)27-15-19-29(42(6)37-27)25-11-8-20-38(2)33-25/h7-20H,1-6H3/q+5. The summed E-state index contributed by atoms with van der Waals surface area (Å²) in [5.74, 6) is 0. The van der Waals surface area contributed by atoms with E-state index in [1.807, 2.05) is 146 Å². The molecule has 0 bridgehead atoms. The van der Waals surface area contributed by atoms with E-state index in [2.05, 4.69) is 10.1 Å². The van der Waals surface area contributed by atoms with Crippen molar-refractivity contribution in [1.29, 1.82) is 0 Å². The molecule has 42 heavy (non-hydrogen) atoms. The van der Waals surface area contributed by atoms with E-state index in [4.69, 9.17) is 20.4 Å². The smallest absolute Gasteiger partial charge is 0.247 e. The van der Waals surface area contributed by atoms with Gasteiger partial charge in [-0.25, -0.2) is 4.98 Å². The van der Waals surface area contributed by atoms with Gasteiger partial charge in [-0.3, -0.25) is 0 Å². The van der Waals surface area contributed by atoms with E-state index in [1.165, 1.54) is 0 Å². The lowest BCUT2D eigenvalue weighted by Gasteiger charge is -2.03. The molecule has 0 aliphatic heterocycles. The topological polar surface area (TPSA) is 96.7 Å². The molecule has 0 saturated carbocycles. The Bertz CT molecular complexity index is 1830. The summed E-state index contributed by atoms with van der Waals surface area (Å²) in [7, 11) is 9.58. The van der Waals surface area contributed by atoms with Crippen LogP contribution in [0.15, 0.2) is 85.1 Å². The summed E-state index contributed by atoms with van der Waals surface area (Å²) >= 11 is 0. The molecule has 0 radical (unpaired) electrons. The monoisotopic (exact) mass is 558 g/mol. The van der Waals surface area contributed by atoms with Gasteiger partial charge in [0.15, 0.2) is 52.8 Å². The summed E-state index contributed by atoms with van der Waals surface area (Å²) in [6, 6.07) is 25.9. The fourth-order valence-corrected chi connectivity index (χ4v) is 4.93. The van der Waals surface area contributed by atoms with Gasteiger partial charge in [-0.15, -0.1) is 0 Å². The van der Waals surface area contributed by atoms with Crippen LogP contribution in [-0.2, 0) is 35.2 Å².